The van der Waals surface area contributed by atoms with Crippen LogP contribution in [0.5, 0.6) is 0 Å². The molecule has 0 aliphatic carbocycles. The first kappa shape index (κ1) is 29.2. The van der Waals surface area contributed by atoms with Gasteiger partial charge in [0.2, 0.25) is 10.0 Å². The van der Waals surface area contributed by atoms with Gasteiger partial charge in [-0.05, 0) is 12.1 Å². The number of halogens is 4. The van der Waals surface area contributed by atoms with Crippen LogP contribution in [0.25, 0.3) is 10.9 Å². The number of carbonyl (C=O) groups excluding carboxylic acids is 1. The molecule has 0 spiro atoms. The van der Waals surface area contributed by atoms with Crippen LogP contribution in [0.2, 0.25) is 0 Å². The number of amides is 2. The maximum atomic E-state index is 13.5. The molecule has 2 N–H and O–H groups in total. The highest BCUT2D eigenvalue weighted by Crippen LogP contribution is 2.37. The molecule has 13 nitrogen and oxygen atoms in total. The van der Waals surface area contributed by atoms with E-state index in [0.29, 0.717) is 16.6 Å². The third kappa shape index (κ3) is 5.73. The van der Waals surface area contributed by atoms with Gasteiger partial charge in [-0.3, -0.25) is 5.43 Å². The number of alkyl halides is 4. The number of carbonyl (C=O) groups is 1. The van der Waals surface area contributed by atoms with Crippen molar-refractivity contribution in [1.29, 1.82) is 5.26 Å². The van der Waals surface area contributed by atoms with Gasteiger partial charge in [0.15, 0.2) is 16.1 Å². The van der Waals surface area contributed by atoms with Crippen LogP contribution >= 0.6 is 11.8 Å². The number of benzene rings is 1. The normalized spacial score (nSPS) is 20.6. The number of thioether (sulfide) groups is 1. The minimum absolute atomic E-state index is 0.123. The van der Waals surface area contributed by atoms with Crippen LogP contribution in [0.4, 0.5) is 28.0 Å². The van der Waals surface area contributed by atoms with Gasteiger partial charge in [-0.2, -0.15) is 20.2 Å². The lowest BCUT2D eigenvalue weighted by atomic mass is 10.0. The van der Waals surface area contributed by atoms with Crippen molar-refractivity contribution in [1.82, 2.24) is 29.7 Å². The molecule has 2 fully saturated rings. The molecule has 2 aromatic rings. The lowest BCUT2D eigenvalue weighted by Gasteiger charge is -2.38. The van der Waals surface area contributed by atoms with Crippen molar-refractivity contribution in [2.24, 2.45) is 5.10 Å². The Balaban J connectivity index is 1.47. The summed E-state index contributed by atoms with van der Waals surface area (Å²) in [5, 5.41) is 17.5. The first-order valence-corrected chi connectivity index (χ1v) is 14.6. The highest BCUT2D eigenvalue weighted by Gasteiger charge is 2.43. The third-order valence-corrected chi connectivity index (χ3v) is 9.33. The van der Waals surface area contributed by atoms with Gasteiger partial charge in [0.25, 0.3) is 12.9 Å². The summed E-state index contributed by atoms with van der Waals surface area (Å²) in [6, 6.07) is 4.13. The van der Waals surface area contributed by atoms with Crippen molar-refractivity contribution < 1.29 is 35.5 Å². The first-order chi connectivity index (χ1) is 19.4. The minimum Gasteiger partial charge on any atom is -0.375 e. The van der Waals surface area contributed by atoms with Crippen LogP contribution in [0.1, 0.15) is 5.50 Å². The third-order valence-electron chi connectivity index (χ3n) is 6.77. The van der Waals surface area contributed by atoms with E-state index in [1.807, 2.05) is 11.0 Å². The Morgan fingerprint density at radius 1 is 1.29 bits per heavy atom. The van der Waals surface area contributed by atoms with Crippen LogP contribution in [-0.2, 0) is 14.8 Å². The quantitative estimate of drug-likeness (QED) is 0.419. The fourth-order valence-corrected chi connectivity index (χ4v) is 6.77. The highest BCUT2D eigenvalue weighted by atomic mass is 32.2. The van der Waals surface area contributed by atoms with E-state index in [-0.39, 0.29) is 44.3 Å². The van der Waals surface area contributed by atoms with Crippen LogP contribution in [0.15, 0.2) is 28.3 Å². The van der Waals surface area contributed by atoms with E-state index in [9.17, 15) is 36.0 Å². The number of nitrogens with one attached hydrogen (secondary N) is 2. The molecule has 1 aromatic heterocycles. The zero-order valence-corrected chi connectivity index (χ0v) is 23.1. The number of hydrogen-bond donors (Lipinski definition) is 2. The zero-order chi connectivity index (χ0) is 29.5. The summed E-state index contributed by atoms with van der Waals surface area (Å²) >= 11 is 0.732. The Bertz CT molecular complexity index is 1500. The van der Waals surface area contributed by atoms with Crippen molar-refractivity contribution in [2.75, 3.05) is 57.9 Å². The predicted octanol–water partition coefficient (Wildman–Crippen LogP) is 1.42. The molecule has 19 heteroatoms. The monoisotopic (exact) mass is 619 g/mol. The lowest BCUT2D eigenvalue weighted by Crippen LogP contribution is -2.61. The predicted molar refractivity (Wildman–Crippen MR) is 140 cm³/mol. The fraction of sp³-hybridized carbons (Fsp3) is 0.545. The summed E-state index contributed by atoms with van der Waals surface area (Å²) in [6.45, 7) is -0.0992. The van der Waals surface area contributed by atoms with Gasteiger partial charge in [-0.1, -0.05) is 11.8 Å². The summed E-state index contributed by atoms with van der Waals surface area (Å²) in [5.74, 6) is 0. The van der Waals surface area contributed by atoms with Gasteiger partial charge >= 0.3 is 6.03 Å². The number of aromatic nitrogens is 2. The topological polar surface area (TPSA) is 148 Å². The summed E-state index contributed by atoms with van der Waals surface area (Å²) in [6.07, 6.45) is -4.00. The van der Waals surface area contributed by atoms with Crippen LogP contribution in [0, 0.1) is 11.3 Å². The van der Waals surface area contributed by atoms with Crippen molar-refractivity contribution in [2.45, 2.75) is 28.8 Å². The van der Waals surface area contributed by atoms with E-state index >= 15 is 0 Å². The van der Waals surface area contributed by atoms with Gasteiger partial charge in [0.05, 0.1) is 42.4 Å². The number of sulfonamides is 1. The molecule has 1 unspecified atom stereocenters. The Kier molecular flexibility index (Phi) is 7.93. The summed E-state index contributed by atoms with van der Waals surface area (Å²) in [4.78, 5) is 16.6. The molecule has 41 heavy (non-hydrogen) atoms. The summed E-state index contributed by atoms with van der Waals surface area (Å²) < 4.78 is 87.6. The van der Waals surface area contributed by atoms with Crippen molar-refractivity contribution >= 4 is 49.5 Å². The van der Waals surface area contributed by atoms with E-state index in [0.717, 1.165) is 16.7 Å². The van der Waals surface area contributed by atoms with E-state index in [1.54, 1.807) is 0 Å². The molecule has 2 saturated heterocycles. The molecule has 0 radical (unpaired) electrons. The highest BCUT2D eigenvalue weighted by molar-refractivity contribution is 8.14. The SMILES string of the molecule is CN(CC(F)F)C(=O)N1CCN(c2cc(S(=O)(=O)NC3(C#N)COC3)cc3c2cnn3C2NN=C(C(F)F)S2)CC1. The van der Waals surface area contributed by atoms with Crippen LogP contribution in [-0.4, -0.2) is 110 Å². The van der Waals surface area contributed by atoms with Crippen molar-refractivity contribution in [3.63, 3.8) is 0 Å². The number of nitriles is 1. The second kappa shape index (κ2) is 11.2. The van der Waals surface area contributed by atoms with Gasteiger partial charge < -0.3 is 19.4 Å². The second-order valence-corrected chi connectivity index (χ2v) is 12.4. The maximum absolute atomic E-state index is 13.5. The molecular formula is C22H25F4N9O4S2. The first-order valence-electron chi connectivity index (χ1n) is 12.3. The molecule has 4 heterocycles. The molecular weight excluding hydrogens is 594 g/mol. The largest absolute Gasteiger partial charge is 0.375 e. The number of hydrogen-bond acceptors (Lipinski definition) is 10. The second-order valence-electron chi connectivity index (χ2n) is 9.63. The molecule has 0 saturated carbocycles. The standard InChI is InChI=1S/C22H25F4N9O4S2/c1-32(9-17(23)24)21(36)34-4-2-33(3-5-34)15-6-13(41(37,38)31-22(10-27)11-39-12-22)7-16-14(15)8-28-35(16)20-30-29-19(40-20)18(25)26/h6-8,17-18,20,30-31H,2-5,9,11-12H2,1H3. The van der Waals surface area contributed by atoms with Crippen molar-refractivity contribution in [3.05, 3.63) is 18.3 Å². The Labute approximate surface area is 236 Å². The van der Waals surface area contributed by atoms with Gasteiger partial charge in [-0.25, -0.2) is 35.5 Å². The van der Waals surface area contributed by atoms with Crippen molar-refractivity contribution in [3.8, 4) is 6.07 Å². The lowest BCUT2D eigenvalue weighted by molar-refractivity contribution is -0.0324. The molecule has 2 amide bonds. The summed E-state index contributed by atoms with van der Waals surface area (Å²) in [7, 11) is -2.98. The number of hydrazone groups is 1. The van der Waals surface area contributed by atoms with E-state index in [1.165, 1.54) is 35.0 Å². The average Bonchev–Trinajstić information content (AvgIpc) is 3.57. The molecule has 1 aromatic carbocycles. The smallest absolute Gasteiger partial charge is 0.320 e. The van der Waals surface area contributed by atoms with Crippen LogP contribution in [0.3, 0.4) is 0 Å². The Morgan fingerprint density at radius 2 is 2.00 bits per heavy atom. The molecule has 5 rings (SSSR count). The number of rotatable bonds is 8. The Hall–Kier alpha value is -3.34. The van der Waals surface area contributed by atoms with Gasteiger partial charge in [0.1, 0.15) is 0 Å². The number of anilines is 1. The number of urea groups is 1. The molecule has 0 bridgehead atoms. The zero-order valence-electron chi connectivity index (χ0n) is 21.5. The van der Waals surface area contributed by atoms with E-state index in [2.05, 4.69) is 20.3 Å². The number of fused-ring (bicyclic) bond motifs is 1. The molecule has 3 aliphatic rings. The summed E-state index contributed by atoms with van der Waals surface area (Å²) in [5.41, 5.74) is 1.02. The average molecular weight is 620 g/mol. The molecule has 3 aliphatic heterocycles. The minimum atomic E-state index is -4.27. The van der Waals surface area contributed by atoms with E-state index < -0.39 is 51.5 Å². The molecule has 1 atom stereocenters. The number of ether oxygens (including phenoxy) is 1. The van der Waals surface area contributed by atoms with Gasteiger partial charge in [0, 0.05) is 44.3 Å². The fourth-order valence-electron chi connectivity index (χ4n) is 4.63. The molecule has 222 valence electrons. The number of piperazine rings is 1. The van der Waals surface area contributed by atoms with E-state index in [4.69, 9.17) is 4.74 Å². The Morgan fingerprint density at radius 3 is 2.56 bits per heavy atom. The number of nitrogens with zero attached hydrogens (tertiary/aromatic N) is 7. The van der Waals surface area contributed by atoms with Crippen LogP contribution < -0.4 is 15.0 Å². The van der Waals surface area contributed by atoms with Gasteiger partial charge in [-0.15, -0.1) is 0 Å². The maximum Gasteiger partial charge on any atom is 0.320 e.